The molecule has 0 aliphatic carbocycles. The molecule has 1 saturated heterocycles. The summed E-state index contributed by atoms with van der Waals surface area (Å²) in [5.74, 6) is -0.207. The number of aliphatic hydroxyl groups is 1. The van der Waals surface area contributed by atoms with E-state index in [1.807, 2.05) is 12.1 Å². The third kappa shape index (κ3) is 4.14. The van der Waals surface area contributed by atoms with Gasteiger partial charge in [0.2, 0.25) is 0 Å². The van der Waals surface area contributed by atoms with E-state index in [-0.39, 0.29) is 18.5 Å². The van der Waals surface area contributed by atoms with Crippen LogP contribution in [0, 0.1) is 0 Å². The number of amides is 1. The molecule has 0 radical (unpaired) electrons. The third-order valence-electron chi connectivity index (χ3n) is 4.01. The van der Waals surface area contributed by atoms with Crippen LogP contribution in [0.2, 0.25) is 0 Å². The lowest BCUT2D eigenvalue weighted by Gasteiger charge is -2.19. The van der Waals surface area contributed by atoms with Gasteiger partial charge in [0, 0.05) is 43.4 Å². The van der Waals surface area contributed by atoms with Crippen LogP contribution in [-0.2, 0) is 11.3 Å². The molecule has 2 aromatic rings. The number of ether oxygens (including phenoxy) is 1. The van der Waals surface area contributed by atoms with Crippen molar-refractivity contribution in [1.82, 2.24) is 20.6 Å². The van der Waals surface area contributed by atoms with E-state index >= 15 is 0 Å². The van der Waals surface area contributed by atoms with E-state index in [1.165, 1.54) is 0 Å². The van der Waals surface area contributed by atoms with E-state index in [4.69, 9.17) is 4.74 Å². The zero-order valence-electron chi connectivity index (χ0n) is 13.1. The van der Waals surface area contributed by atoms with Crippen molar-refractivity contribution >= 4 is 5.91 Å². The Morgan fingerprint density at radius 3 is 2.54 bits per heavy atom. The Kier molecular flexibility index (Phi) is 5.47. The number of hydrogen-bond donors (Lipinski definition) is 3. The Balaban J connectivity index is 1.46. The Hall–Kier alpha value is -2.35. The molecule has 3 heterocycles. The van der Waals surface area contributed by atoms with Crippen molar-refractivity contribution in [1.29, 1.82) is 0 Å². The molecule has 7 nitrogen and oxygen atoms in total. The molecule has 3 N–H and O–H groups in total. The first kappa shape index (κ1) is 16.5. The number of nitrogens with one attached hydrogen (secondary N) is 2. The van der Waals surface area contributed by atoms with Crippen LogP contribution in [0.3, 0.4) is 0 Å². The minimum atomic E-state index is -0.676. The van der Waals surface area contributed by atoms with Crippen molar-refractivity contribution in [2.75, 3.05) is 13.2 Å². The third-order valence-corrected chi connectivity index (χ3v) is 4.01. The Morgan fingerprint density at radius 1 is 1.17 bits per heavy atom. The lowest BCUT2D eigenvalue weighted by molar-refractivity contribution is 0.0398. The molecule has 0 bridgehead atoms. The van der Waals surface area contributed by atoms with Crippen LogP contribution in [0.5, 0.6) is 0 Å². The number of carbonyl (C=O) groups excluding carboxylic acids is 1. The van der Waals surface area contributed by atoms with Crippen LogP contribution in [-0.4, -0.2) is 52.4 Å². The lowest BCUT2D eigenvalue weighted by atomic mass is 10.1. The van der Waals surface area contributed by atoms with Crippen LogP contribution in [0.25, 0.3) is 0 Å². The molecule has 0 spiro atoms. The van der Waals surface area contributed by atoms with Gasteiger partial charge in [0.1, 0.15) is 6.10 Å². The summed E-state index contributed by atoms with van der Waals surface area (Å²) in [6, 6.07) is 6.95. The first-order valence-electron chi connectivity index (χ1n) is 7.84. The first-order chi connectivity index (χ1) is 11.7. The Bertz CT molecular complexity index is 653. The number of hydrogen-bond acceptors (Lipinski definition) is 6. The second kappa shape index (κ2) is 7.96. The van der Waals surface area contributed by atoms with Crippen molar-refractivity contribution in [2.45, 2.75) is 24.8 Å². The fraction of sp³-hybridized carbons (Fsp3) is 0.353. The number of aromatic nitrogens is 2. The summed E-state index contributed by atoms with van der Waals surface area (Å²) in [5, 5.41) is 16.4. The van der Waals surface area contributed by atoms with Gasteiger partial charge in [-0.3, -0.25) is 14.8 Å². The van der Waals surface area contributed by atoms with Crippen molar-refractivity contribution in [3.05, 3.63) is 60.2 Å². The van der Waals surface area contributed by atoms with Crippen LogP contribution >= 0.6 is 0 Å². The molecule has 2 aromatic heterocycles. The van der Waals surface area contributed by atoms with Gasteiger partial charge in [0.05, 0.1) is 18.8 Å². The molecule has 1 aliphatic rings. The Labute approximate surface area is 140 Å². The fourth-order valence-electron chi connectivity index (χ4n) is 2.59. The molecule has 1 aliphatic heterocycles. The second-order valence-electron chi connectivity index (χ2n) is 5.65. The topological polar surface area (TPSA) is 96.4 Å². The van der Waals surface area contributed by atoms with Crippen molar-refractivity contribution in [3.63, 3.8) is 0 Å². The largest absolute Gasteiger partial charge is 0.389 e. The van der Waals surface area contributed by atoms with Crippen LogP contribution in [0.15, 0.2) is 49.1 Å². The molecule has 1 amide bonds. The second-order valence-corrected chi connectivity index (χ2v) is 5.65. The predicted molar refractivity (Wildman–Crippen MR) is 87.2 cm³/mol. The number of nitrogens with zero attached hydrogens (tertiary/aromatic N) is 2. The zero-order valence-corrected chi connectivity index (χ0v) is 13.1. The summed E-state index contributed by atoms with van der Waals surface area (Å²) < 4.78 is 5.60. The number of rotatable bonds is 6. The quantitative estimate of drug-likeness (QED) is 0.697. The smallest absolute Gasteiger partial charge is 0.251 e. The summed E-state index contributed by atoms with van der Waals surface area (Å²) in [6.07, 6.45) is 5.49. The zero-order chi connectivity index (χ0) is 16.8. The minimum absolute atomic E-state index is 0.166. The van der Waals surface area contributed by atoms with Gasteiger partial charge in [0.25, 0.3) is 5.91 Å². The average Bonchev–Trinajstić information content (AvgIpc) is 2.99. The molecule has 3 atom stereocenters. The number of carbonyl (C=O) groups is 1. The highest BCUT2D eigenvalue weighted by molar-refractivity contribution is 5.93. The number of aliphatic hydroxyl groups excluding tert-OH is 1. The molecule has 7 heteroatoms. The summed E-state index contributed by atoms with van der Waals surface area (Å²) in [5.41, 5.74) is 1.62. The van der Waals surface area contributed by atoms with E-state index < -0.39 is 12.2 Å². The highest BCUT2D eigenvalue weighted by Gasteiger charge is 2.35. The molecule has 1 fully saturated rings. The van der Waals surface area contributed by atoms with Crippen molar-refractivity contribution in [3.8, 4) is 0 Å². The maximum absolute atomic E-state index is 12.0. The molecule has 24 heavy (non-hydrogen) atoms. The highest BCUT2D eigenvalue weighted by atomic mass is 16.5. The SMILES string of the molecule is O=C(NC[C@H]1OC[C@@H](NCc2ccncc2)[C@@H]1O)c1ccncc1. The summed E-state index contributed by atoms with van der Waals surface area (Å²) >= 11 is 0. The van der Waals surface area contributed by atoms with Crippen LogP contribution in [0.4, 0.5) is 0 Å². The summed E-state index contributed by atoms with van der Waals surface area (Å²) in [4.78, 5) is 19.9. The molecular formula is C17H20N4O3. The van der Waals surface area contributed by atoms with Crippen LogP contribution in [0.1, 0.15) is 15.9 Å². The first-order valence-corrected chi connectivity index (χ1v) is 7.84. The molecule has 0 unspecified atom stereocenters. The average molecular weight is 328 g/mol. The molecule has 0 aromatic carbocycles. The standard InChI is InChI=1S/C17H20N4O3/c22-16-14(20-9-12-1-5-18-6-2-12)11-24-15(16)10-21-17(23)13-3-7-19-8-4-13/h1-8,14-16,20,22H,9-11H2,(H,21,23)/t14-,15-,16+/m1/s1. The van der Waals surface area contributed by atoms with E-state index in [9.17, 15) is 9.90 Å². The van der Waals surface area contributed by atoms with Gasteiger partial charge in [-0.1, -0.05) is 0 Å². The predicted octanol–water partition coefficient (Wildman–Crippen LogP) is 0.125. The van der Waals surface area contributed by atoms with E-state index in [2.05, 4.69) is 20.6 Å². The molecule has 0 saturated carbocycles. The highest BCUT2D eigenvalue weighted by Crippen LogP contribution is 2.14. The van der Waals surface area contributed by atoms with Crippen LogP contribution < -0.4 is 10.6 Å². The molecular weight excluding hydrogens is 308 g/mol. The normalized spacial score (nSPS) is 23.1. The van der Waals surface area contributed by atoms with Gasteiger partial charge in [0.15, 0.2) is 0 Å². The van der Waals surface area contributed by atoms with Gasteiger partial charge in [-0.2, -0.15) is 0 Å². The molecule has 3 rings (SSSR count). The maximum Gasteiger partial charge on any atom is 0.251 e. The van der Waals surface area contributed by atoms with E-state index in [1.54, 1.807) is 36.9 Å². The Morgan fingerprint density at radius 2 is 1.83 bits per heavy atom. The van der Waals surface area contributed by atoms with E-state index in [0.29, 0.717) is 18.7 Å². The summed E-state index contributed by atoms with van der Waals surface area (Å²) in [6.45, 7) is 1.29. The molecule has 126 valence electrons. The monoisotopic (exact) mass is 328 g/mol. The van der Waals surface area contributed by atoms with Gasteiger partial charge >= 0.3 is 0 Å². The van der Waals surface area contributed by atoms with Gasteiger partial charge in [-0.15, -0.1) is 0 Å². The van der Waals surface area contributed by atoms with Gasteiger partial charge in [-0.05, 0) is 29.8 Å². The van der Waals surface area contributed by atoms with Gasteiger partial charge < -0.3 is 20.5 Å². The van der Waals surface area contributed by atoms with Crippen molar-refractivity contribution < 1.29 is 14.6 Å². The lowest BCUT2D eigenvalue weighted by Crippen LogP contribution is -2.44. The van der Waals surface area contributed by atoms with E-state index in [0.717, 1.165) is 5.56 Å². The number of pyridine rings is 2. The maximum atomic E-state index is 12.0. The van der Waals surface area contributed by atoms with Gasteiger partial charge in [-0.25, -0.2) is 0 Å². The fourth-order valence-corrected chi connectivity index (χ4v) is 2.59. The van der Waals surface area contributed by atoms with Crippen molar-refractivity contribution in [2.24, 2.45) is 0 Å². The minimum Gasteiger partial charge on any atom is -0.389 e. The summed E-state index contributed by atoms with van der Waals surface area (Å²) in [7, 11) is 0.